The minimum Gasteiger partial charge on any atom is -0.310 e. The standard InChI is InChI=1S/C15H21N3S/c1-5-12-14(9-16-10(2)3)19-15(18-12)13-8-6-7-11(4)17-13/h6-8,10,16H,5,9H2,1-4H3. The third-order valence-corrected chi connectivity index (χ3v) is 4.01. The van der Waals surface area contributed by atoms with Gasteiger partial charge in [0.15, 0.2) is 0 Å². The first-order valence-electron chi connectivity index (χ1n) is 6.76. The minimum absolute atomic E-state index is 0.493. The molecular weight excluding hydrogens is 254 g/mol. The molecule has 19 heavy (non-hydrogen) atoms. The van der Waals surface area contributed by atoms with Crippen LogP contribution in [0.3, 0.4) is 0 Å². The van der Waals surface area contributed by atoms with Gasteiger partial charge in [-0.3, -0.25) is 4.98 Å². The number of nitrogens with one attached hydrogen (secondary N) is 1. The Morgan fingerprint density at radius 2 is 2.05 bits per heavy atom. The van der Waals surface area contributed by atoms with Gasteiger partial charge < -0.3 is 5.32 Å². The molecule has 0 spiro atoms. The van der Waals surface area contributed by atoms with Gasteiger partial charge in [-0.15, -0.1) is 11.3 Å². The molecule has 0 unspecified atom stereocenters. The van der Waals surface area contributed by atoms with Crippen LogP contribution in [-0.4, -0.2) is 16.0 Å². The highest BCUT2D eigenvalue weighted by Gasteiger charge is 2.12. The summed E-state index contributed by atoms with van der Waals surface area (Å²) in [7, 11) is 0. The summed E-state index contributed by atoms with van der Waals surface area (Å²) in [5.74, 6) is 0. The molecule has 0 aliphatic heterocycles. The minimum atomic E-state index is 0.493. The fourth-order valence-corrected chi connectivity index (χ4v) is 2.94. The van der Waals surface area contributed by atoms with Crippen LogP contribution in [0.2, 0.25) is 0 Å². The molecule has 0 aliphatic rings. The second kappa shape index (κ2) is 6.26. The molecule has 0 atom stereocenters. The first kappa shape index (κ1) is 14.2. The van der Waals surface area contributed by atoms with E-state index in [4.69, 9.17) is 4.98 Å². The Bertz CT molecular complexity index is 546. The molecule has 1 N–H and O–H groups in total. The van der Waals surface area contributed by atoms with Gasteiger partial charge in [-0.2, -0.15) is 0 Å². The van der Waals surface area contributed by atoms with E-state index in [2.05, 4.69) is 31.1 Å². The molecule has 2 aromatic heterocycles. The van der Waals surface area contributed by atoms with Crippen molar-refractivity contribution in [2.75, 3.05) is 0 Å². The van der Waals surface area contributed by atoms with E-state index in [-0.39, 0.29) is 0 Å². The van der Waals surface area contributed by atoms with Crippen LogP contribution < -0.4 is 5.32 Å². The molecular formula is C15H21N3S. The van der Waals surface area contributed by atoms with E-state index >= 15 is 0 Å². The van der Waals surface area contributed by atoms with E-state index < -0.39 is 0 Å². The van der Waals surface area contributed by atoms with Gasteiger partial charge in [0.1, 0.15) is 5.01 Å². The van der Waals surface area contributed by atoms with Crippen LogP contribution in [0.5, 0.6) is 0 Å². The maximum absolute atomic E-state index is 4.73. The van der Waals surface area contributed by atoms with E-state index in [9.17, 15) is 0 Å². The predicted octanol–water partition coefficient (Wildman–Crippen LogP) is 3.57. The Balaban J connectivity index is 2.27. The van der Waals surface area contributed by atoms with Gasteiger partial charge in [0, 0.05) is 23.2 Å². The monoisotopic (exact) mass is 275 g/mol. The molecule has 0 bridgehead atoms. The van der Waals surface area contributed by atoms with Crippen molar-refractivity contribution in [2.45, 2.75) is 46.7 Å². The van der Waals surface area contributed by atoms with Crippen LogP contribution in [0.25, 0.3) is 10.7 Å². The van der Waals surface area contributed by atoms with E-state index in [1.165, 1.54) is 10.6 Å². The molecule has 0 saturated heterocycles. The summed E-state index contributed by atoms with van der Waals surface area (Å²) in [6.45, 7) is 9.39. The van der Waals surface area contributed by atoms with Crippen LogP contribution in [0, 0.1) is 6.92 Å². The SMILES string of the molecule is CCc1nc(-c2cccc(C)n2)sc1CNC(C)C. The Labute approximate surface area is 119 Å². The lowest BCUT2D eigenvalue weighted by molar-refractivity contribution is 0.590. The summed E-state index contributed by atoms with van der Waals surface area (Å²) in [4.78, 5) is 10.6. The van der Waals surface area contributed by atoms with Crippen LogP contribution >= 0.6 is 11.3 Å². The number of nitrogens with zero attached hydrogens (tertiary/aromatic N) is 2. The fraction of sp³-hybridized carbons (Fsp3) is 0.467. The van der Waals surface area contributed by atoms with Gasteiger partial charge in [-0.1, -0.05) is 26.8 Å². The molecule has 3 nitrogen and oxygen atoms in total. The van der Waals surface area contributed by atoms with E-state index in [0.717, 1.165) is 29.4 Å². The third-order valence-electron chi connectivity index (χ3n) is 2.89. The number of pyridine rings is 1. The van der Waals surface area contributed by atoms with Crippen LogP contribution in [-0.2, 0) is 13.0 Å². The second-order valence-corrected chi connectivity index (χ2v) is 6.03. The highest BCUT2D eigenvalue weighted by atomic mass is 32.1. The molecule has 2 heterocycles. The smallest absolute Gasteiger partial charge is 0.142 e. The van der Waals surface area contributed by atoms with Crippen molar-refractivity contribution in [1.82, 2.24) is 15.3 Å². The van der Waals surface area contributed by atoms with Crippen molar-refractivity contribution in [3.63, 3.8) is 0 Å². The normalized spacial score (nSPS) is 11.2. The Hall–Kier alpha value is -1.26. The van der Waals surface area contributed by atoms with Crippen molar-refractivity contribution in [1.29, 1.82) is 0 Å². The average Bonchev–Trinajstić information content (AvgIpc) is 2.79. The lowest BCUT2D eigenvalue weighted by atomic mass is 10.2. The van der Waals surface area contributed by atoms with Gasteiger partial charge in [-0.05, 0) is 25.5 Å². The van der Waals surface area contributed by atoms with Crippen LogP contribution in [0.1, 0.15) is 37.0 Å². The van der Waals surface area contributed by atoms with Gasteiger partial charge in [0.2, 0.25) is 0 Å². The van der Waals surface area contributed by atoms with Gasteiger partial charge in [0.25, 0.3) is 0 Å². The number of hydrogen-bond donors (Lipinski definition) is 1. The summed E-state index contributed by atoms with van der Waals surface area (Å²) in [6, 6.07) is 6.58. The van der Waals surface area contributed by atoms with Gasteiger partial charge in [0.05, 0.1) is 11.4 Å². The second-order valence-electron chi connectivity index (χ2n) is 4.94. The Morgan fingerprint density at radius 1 is 1.26 bits per heavy atom. The van der Waals surface area contributed by atoms with Crippen molar-refractivity contribution < 1.29 is 0 Å². The summed E-state index contributed by atoms with van der Waals surface area (Å²) in [5, 5.41) is 4.49. The molecule has 2 aromatic rings. The maximum Gasteiger partial charge on any atom is 0.142 e. The molecule has 0 amide bonds. The first-order chi connectivity index (χ1) is 9.10. The predicted molar refractivity (Wildman–Crippen MR) is 81.4 cm³/mol. The molecule has 0 saturated carbocycles. The largest absolute Gasteiger partial charge is 0.310 e. The number of rotatable bonds is 5. The lowest BCUT2D eigenvalue weighted by Gasteiger charge is -2.06. The highest BCUT2D eigenvalue weighted by molar-refractivity contribution is 7.15. The lowest BCUT2D eigenvalue weighted by Crippen LogP contribution is -2.21. The summed E-state index contributed by atoms with van der Waals surface area (Å²) >= 11 is 1.75. The van der Waals surface area contributed by atoms with Crippen molar-refractivity contribution in [3.05, 3.63) is 34.5 Å². The molecule has 4 heteroatoms. The Kier molecular flexibility index (Phi) is 4.66. The number of aromatic nitrogens is 2. The number of thiazole rings is 1. The third kappa shape index (κ3) is 3.61. The van der Waals surface area contributed by atoms with E-state index in [1.807, 2.05) is 25.1 Å². The molecule has 0 fully saturated rings. The van der Waals surface area contributed by atoms with Crippen LogP contribution in [0.4, 0.5) is 0 Å². The van der Waals surface area contributed by atoms with Gasteiger partial charge in [-0.25, -0.2) is 4.98 Å². The fourth-order valence-electron chi connectivity index (χ4n) is 1.87. The quantitative estimate of drug-likeness (QED) is 0.906. The first-order valence-corrected chi connectivity index (χ1v) is 7.57. The van der Waals surface area contributed by atoms with Crippen molar-refractivity contribution in [3.8, 4) is 10.7 Å². The average molecular weight is 275 g/mol. The molecule has 0 aliphatic carbocycles. The molecule has 0 radical (unpaired) electrons. The highest BCUT2D eigenvalue weighted by Crippen LogP contribution is 2.27. The van der Waals surface area contributed by atoms with E-state index in [0.29, 0.717) is 6.04 Å². The maximum atomic E-state index is 4.73. The van der Waals surface area contributed by atoms with Crippen LogP contribution in [0.15, 0.2) is 18.2 Å². The molecule has 102 valence electrons. The van der Waals surface area contributed by atoms with Gasteiger partial charge >= 0.3 is 0 Å². The molecule has 0 aromatic carbocycles. The topological polar surface area (TPSA) is 37.8 Å². The van der Waals surface area contributed by atoms with E-state index in [1.54, 1.807) is 11.3 Å². The zero-order chi connectivity index (χ0) is 13.8. The molecule has 2 rings (SSSR count). The van der Waals surface area contributed by atoms with Crippen molar-refractivity contribution in [2.24, 2.45) is 0 Å². The zero-order valence-corrected chi connectivity index (χ0v) is 12.8. The summed E-state index contributed by atoms with van der Waals surface area (Å²) < 4.78 is 0. The Morgan fingerprint density at radius 3 is 2.68 bits per heavy atom. The van der Waals surface area contributed by atoms with Crippen molar-refractivity contribution >= 4 is 11.3 Å². The summed E-state index contributed by atoms with van der Waals surface area (Å²) in [6.07, 6.45) is 0.970. The number of hydrogen-bond acceptors (Lipinski definition) is 4. The zero-order valence-electron chi connectivity index (χ0n) is 12.0. The summed E-state index contributed by atoms with van der Waals surface area (Å²) in [5.41, 5.74) is 3.21. The number of aryl methyl sites for hydroxylation is 2.